The van der Waals surface area contributed by atoms with Gasteiger partial charge in [0.1, 0.15) is 23.1 Å². The molecule has 1 saturated carbocycles. The van der Waals surface area contributed by atoms with Crippen molar-refractivity contribution in [2.45, 2.75) is 30.7 Å². The lowest BCUT2D eigenvalue weighted by molar-refractivity contribution is -0.143. The monoisotopic (exact) mass is 319 g/mol. The van der Waals surface area contributed by atoms with Crippen LogP contribution in [0.25, 0.3) is 0 Å². The number of benzene rings is 1. The van der Waals surface area contributed by atoms with Gasteiger partial charge in [0.15, 0.2) is 0 Å². The normalized spacial score (nSPS) is 15.2. The van der Waals surface area contributed by atoms with E-state index in [9.17, 15) is 22.0 Å². The molecular formula is C13H15F2NO4S. The number of esters is 1. The molecular weight excluding hydrogens is 304 g/mol. The average Bonchev–Trinajstić information content (AvgIpc) is 3.23. The summed E-state index contributed by atoms with van der Waals surface area (Å²) in [4.78, 5) is 10.8. The lowest BCUT2D eigenvalue weighted by Gasteiger charge is -2.21. The lowest BCUT2D eigenvalue weighted by Crippen LogP contribution is -2.38. The van der Waals surface area contributed by atoms with Gasteiger partial charge in [0.25, 0.3) is 0 Å². The van der Waals surface area contributed by atoms with Crippen LogP contribution in [0.3, 0.4) is 0 Å². The maximum atomic E-state index is 13.7. The van der Waals surface area contributed by atoms with E-state index in [1.807, 2.05) is 0 Å². The Morgan fingerprint density at radius 1 is 1.38 bits per heavy atom. The van der Waals surface area contributed by atoms with Crippen LogP contribution in [-0.4, -0.2) is 37.9 Å². The Morgan fingerprint density at radius 3 is 2.62 bits per heavy atom. The molecule has 0 spiro atoms. The molecule has 0 aromatic heterocycles. The highest BCUT2D eigenvalue weighted by Crippen LogP contribution is 2.32. The molecule has 1 aliphatic carbocycles. The van der Waals surface area contributed by atoms with Crippen molar-refractivity contribution in [2.24, 2.45) is 0 Å². The number of hydrogen-bond acceptors (Lipinski definition) is 4. The van der Waals surface area contributed by atoms with Gasteiger partial charge in [0, 0.05) is 6.04 Å². The molecule has 0 radical (unpaired) electrons. The second-order valence-electron chi connectivity index (χ2n) is 4.66. The number of sulfonamides is 1. The van der Waals surface area contributed by atoms with Crippen LogP contribution in [0, 0.1) is 11.6 Å². The van der Waals surface area contributed by atoms with Gasteiger partial charge in [0.05, 0.1) is 6.61 Å². The van der Waals surface area contributed by atoms with Crippen LogP contribution in [0.2, 0.25) is 0 Å². The Balaban J connectivity index is 2.34. The summed E-state index contributed by atoms with van der Waals surface area (Å²) in [6, 6.07) is 1.83. The fourth-order valence-electron chi connectivity index (χ4n) is 1.91. The van der Waals surface area contributed by atoms with Gasteiger partial charge in [-0.15, -0.1) is 0 Å². The quantitative estimate of drug-likeness (QED) is 0.749. The van der Waals surface area contributed by atoms with E-state index in [2.05, 4.69) is 0 Å². The van der Waals surface area contributed by atoms with E-state index in [-0.39, 0.29) is 12.6 Å². The molecule has 1 aliphatic rings. The molecule has 116 valence electrons. The predicted molar refractivity (Wildman–Crippen MR) is 69.9 cm³/mol. The zero-order valence-electron chi connectivity index (χ0n) is 11.4. The van der Waals surface area contributed by atoms with Gasteiger partial charge < -0.3 is 4.74 Å². The van der Waals surface area contributed by atoms with Gasteiger partial charge in [-0.2, -0.15) is 4.31 Å². The molecule has 0 atom stereocenters. The molecule has 1 aromatic rings. The summed E-state index contributed by atoms with van der Waals surface area (Å²) < 4.78 is 57.4. The lowest BCUT2D eigenvalue weighted by atomic mass is 10.3. The molecule has 1 fully saturated rings. The third-order valence-corrected chi connectivity index (χ3v) is 4.94. The van der Waals surface area contributed by atoms with Gasteiger partial charge in [0.2, 0.25) is 10.0 Å². The topological polar surface area (TPSA) is 63.7 Å². The second kappa shape index (κ2) is 6.07. The van der Waals surface area contributed by atoms with Crippen molar-refractivity contribution in [1.29, 1.82) is 0 Å². The molecule has 1 aromatic carbocycles. The Morgan fingerprint density at radius 2 is 2.05 bits per heavy atom. The molecule has 0 bridgehead atoms. The van der Waals surface area contributed by atoms with Crippen molar-refractivity contribution < 1.29 is 26.7 Å². The molecule has 0 aliphatic heterocycles. The zero-order valence-corrected chi connectivity index (χ0v) is 12.2. The zero-order chi connectivity index (χ0) is 15.6. The summed E-state index contributed by atoms with van der Waals surface area (Å²) in [7, 11) is -4.29. The minimum Gasteiger partial charge on any atom is -0.465 e. The van der Waals surface area contributed by atoms with E-state index in [1.54, 1.807) is 6.92 Å². The van der Waals surface area contributed by atoms with Crippen LogP contribution in [0.1, 0.15) is 19.8 Å². The van der Waals surface area contributed by atoms with Crippen LogP contribution < -0.4 is 0 Å². The number of carbonyl (C=O) groups excluding carboxylic acids is 1. The molecule has 0 amide bonds. The third-order valence-electron chi connectivity index (χ3n) is 3.02. The smallest absolute Gasteiger partial charge is 0.321 e. The fraction of sp³-hybridized carbons (Fsp3) is 0.462. The second-order valence-corrected chi connectivity index (χ2v) is 6.52. The third kappa shape index (κ3) is 3.56. The molecule has 2 rings (SSSR count). The Labute approximate surface area is 121 Å². The number of rotatable bonds is 6. The molecule has 0 heterocycles. The average molecular weight is 319 g/mol. The van der Waals surface area contributed by atoms with Crippen LogP contribution in [0.15, 0.2) is 23.1 Å². The first-order chi connectivity index (χ1) is 9.86. The summed E-state index contributed by atoms with van der Waals surface area (Å²) in [6.45, 7) is 1.21. The Bertz CT molecular complexity index is 644. The van der Waals surface area contributed by atoms with E-state index < -0.39 is 39.1 Å². The summed E-state index contributed by atoms with van der Waals surface area (Å²) in [6.07, 6.45) is 1.16. The highest BCUT2D eigenvalue weighted by atomic mass is 32.2. The SMILES string of the molecule is CCOC(=O)CN(C1CC1)S(=O)(=O)c1cc(F)ccc1F. The largest absolute Gasteiger partial charge is 0.465 e. The summed E-state index contributed by atoms with van der Waals surface area (Å²) in [5, 5.41) is 0. The van der Waals surface area contributed by atoms with Crippen molar-refractivity contribution >= 4 is 16.0 Å². The van der Waals surface area contributed by atoms with E-state index >= 15 is 0 Å². The van der Waals surface area contributed by atoms with Crippen molar-refractivity contribution in [3.8, 4) is 0 Å². The molecule has 8 heteroatoms. The fourth-order valence-corrected chi connectivity index (χ4v) is 3.62. The molecule has 0 unspecified atom stereocenters. The Kier molecular flexibility index (Phi) is 4.58. The molecule has 0 N–H and O–H groups in total. The summed E-state index contributed by atoms with van der Waals surface area (Å²) in [5.74, 6) is -2.63. The van der Waals surface area contributed by atoms with Gasteiger partial charge in [-0.05, 0) is 38.0 Å². The van der Waals surface area contributed by atoms with E-state index in [1.165, 1.54) is 0 Å². The molecule has 21 heavy (non-hydrogen) atoms. The predicted octanol–water partition coefficient (Wildman–Crippen LogP) is 1.68. The number of ether oxygens (including phenoxy) is 1. The van der Waals surface area contributed by atoms with Crippen molar-refractivity contribution in [1.82, 2.24) is 4.31 Å². The first-order valence-electron chi connectivity index (χ1n) is 6.48. The van der Waals surface area contributed by atoms with Gasteiger partial charge in [-0.25, -0.2) is 17.2 Å². The Hall–Kier alpha value is -1.54. The number of nitrogens with zero attached hydrogens (tertiary/aromatic N) is 1. The van der Waals surface area contributed by atoms with Crippen LogP contribution in [0.5, 0.6) is 0 Å². The van der Waals surface area contributed by atoms with E-state index in [0.717, 1.165) is 16.4 Å². The maximum absolute atomic E-state index is 13.7. The molecule has 5 nitrogen and oxygen atoms in total. The summed E-state index contributed by atoms with van der Waals surface area (Å²) in [5.41, 5.74) is 0. The minimum absolute atomic E-state index is 0.117. The van der Waals surface area contributed by atoms with E-state index in [0.29, 0.717) is 18.9 Å². The standard InChI is InChI=1S/C13H15F2NO4S/c1-2-20-13(17)8-16(10-4-5-10)21(18,19)12-7-9(14)3-6-11(12)15/h3,6-7,10H,2,4-5,8H2,1H3. The maximum Gasteiger partial charge on any atom is 0.321 e. The van der Waals surface area contributed by atoms with Gasteiger partial charge >= 0.3 is 5.97 Å². The summed E-state index contributed by atoms with van der Waals surface area (Å²) >= 11 is 0. The minimum atomic E-state index is -4.29. The number of halogens is 2. The first-order valence-corrected chi connectivity index (χ1v) is 7.92. The van der Waals surface area contributed by atoms with E-state index in [4.69, 9.17) is 4.74 Å². The highest BCUT2D eigenvalue weighted by Gasteiger charge is 2.40. The first kappa shape index (κ1) is 15.8. The van der Waals surface area contributed by atoms with Crippen LogP contribution in [-0.2, 0) is 19.6 Å². The molecule has 0 saturated heterocycles. The van der Waals surface area contributed by atoms with Gasteiger partial charge in [-0.1, -0.05) is 0 Å². The van der Waals surface area contributed by atoms with Crippen molar-refractivity contribution in [3.05, 3.63) is 29.8 Å². The number of carbonyl (C=O) groups is 1. The van der Waals surface area contributed by atoms with Gasteiger partial charge in [-0.3, -0.25) is 4.79 Å². The number of hydrogen-bond donors (Lipinski definition) is 0. The highest BCUT2D eigenvalue weighted by molar-refractivity contribution is 7.89. The van der Waals surface area contributed by atoms with Crippen LogP contribution >= 0.6 is 0 Å². The van der Waals surface area contributed by atoms with Crippen molar-refractivity contribution in [3.63, 3.8) is 0 Å². The van der Waals surface area contributed by atoms with Crippen LogP contribution in [0.4, 0.5) is 8.78 Å². The van der Waals surface area contributed by atoms with Crippen molar-refractivity contribution in [2.75, 3.05) is 13.2 Å².